The Kier molecular flexibility index (Phi) is 44.3. The van der Waals surface area contributed by atoms with Gasteiger partial charge in [-0.3, -0.25) is 54.4 Å². The van der Waals surface area contributed by atoms with Crippen molar-refractivity contribution in [3.8, 4) is 0 Å². The van der Waals surface area contributed by atoms with Crippen LogP contribution in [0.15, 0.2) is 220 Å². The summed E-state index contributed by atoms with van der Waals surface area (Å²) >= 11 is 5.39. The molecule has 24 nitrogen and oxygen atoms in total. The van der Waals surface area contributed by atoms with E-state index in [1.165, 1.54) is 32.4 Å². The Balaban J connectivity index is 0.00000110. The summed E-state index contributed by atoms with van der Waals surface area (Å²) in [4.78, 5) is 77.2. The number of hydrogen-bond donors (Lipinski definition) is 9. The second-order valence-electron chi connectivity index (χ2n) is 21.3. The van der Waals surface area contributed by atoms with Crippen LogP contribution < -0.4 is 5.73 Å². The van der Waals surface area contributed by atoms with Gasteiger partial charge in [0, 0.05) is 90.1 Å². The van der Waals surface area contributed by atoms with Gasteiger partial charge in [-0.1, -0.05) is 99.3 Å². The standard InChI is InChI=1S/2C12H12N2O.C12H8N2.C11H10N2.C9H11NO3.C7H13N.C4H8O2S.C3H5NO4.ClH.2H2N.2Pt/c2*1-12(15,10-6-2-4-8-13-10)11-7-3-5-9-14-11;1-3-9-5-6-10-4-2-8-14-12(10)11(9)13-7-1;1-3-7-12-10(5-1)9-11-6-2-4-8-13-11;1-9(13,6-8(11)12)7-4-2-3-5-10-7;1-6-4-2-3-5-7(6)8;1-3(2-7)4(5)6;4-1(2(5)6)3(7)8;;;;;/h2*2-9,15H,1H3;1-8H;1-8H,9H2;2-5,13H,6H2,1H3,(H,11,12);6-8H,1-5H2;3,7H,2H2,1H3,(H,5,6);1H,4H2,(H,5,6)(H,7,8);1H;2*1H2;;/q;;;;;-2;;;;2*-1;+1;+2/p-1/t;;;;;6-,7-;3-;;;;;;/m.....11....../s1. The Hall–Kier alpha value is -8.29. The molecule has 0 saturated heterocycles. The molecule has 1 unspecified atom stereocenters. The van der Waals surface area contributed by atoms with E-state index in [1.54, 1.807) is 132 Å². The number of benzene rings is 1. The molecule has 9 heterocycles. The molecular formula is C70H83ClN13O11Pt2S-2. The third kappa shape index (κ3) is 32.4. The fourth-order valence-corrected chi connectivity index (χ4v) is 8.35. The second-order valence-corrected chi connectivity index (χ2v) is 21.7. The van der Waals surface area contributed by atoms with Crippen LogP contribution in [0.25, 0.3) is 39.8 Å². The van der Waals surface area contributed by atoms with Crippen molar-refractivity contribution >= 4 is 67.7 Å². The number of hydrogen-bond acceptors (Lipinski definition) is 18. The smallest absolute Gasteiger partial charge is 0.693 e. The molecule has 28 heteroatoms. The van der Waals surface area contributed by atoms with Crippen molar-refractivity contribution in [1.82, 2.24) is 44.9 Å². The Morgan fingerprint density at radius 1 is 0.520 bits per heavy atom. The molecule has 10 aromatic rings. The summed E-state index contributed by atoms with van der Waals surface area (Å²) in [5, 5.41) is 65.0. The number of nitrogens with zero attached hydrogens (tertiary/aromatic N) is 9. The van der Waals surface area contributed by atoms with Gasteiger partial charge in [-0.15, -0.1) is 0 Å². The Morgan fingerprint density at radius 2 is 0.837 bits per heavy atom. The number of aromatic nitrogens is 9. The average molecular weight is 1740 g/mol. The predicted molar refractivity (Wildman–Crippen MR) is 374 cm³/mol. The quantitative estimate of drug-likeness (QED) is 0.0224. The molecule has 1 saturated carbocycles. The van der Waals surface area contributed by atoms with Crippen LogP contribution in [0.1, 0.15) is 99.7 Å². The Bertz CT molecular complexity index is 3510. The third-order valence-electron chi connectivity index (χ3n) is 13.7. The van der Waals surface area contributed by atoms with Gasteiger partial charge in [0.1, 0.15) is 16.8 Å². The fourth-order valence-electron chi connectivity index (χ4n) is 8.19. The molecule has 1 aliphatic carbocycles. The number of aliphatic hydroxyl groups is 3. The zero-order chi connectivity index (χ0) is 70.2. The van der Waals surface area contributed by atoms with Gasteiger partial charge in [-0.05, 0) is 118 Å². The van der Waals surface area contributed by atoms with Gasteiger partial charge in [0.25, 0.3) is 0 Å². The average Bonchev–Trinajstić information content (AvgIpc) is 0.835. The molecule has 0 amide bonds. The van der Waals surface area contributed by atoms with E-state index < -0.39 is 46.7 Å². The molecule has 11 rings (SSSR count). The first-order valence-electron chi connectivity index (χ1n) is 29.4. The van der Waals surface area contributed by atoms with Crippen LogP contribution in [-0.4, -0.2) is 122 Å². The fraction of sp³-hybridized carbons (Fsp3) is 0.257. The summed E-state index contributed by atoms with van der Waals surface area (Å²) in [6, 6.07) is 49.1. The normalized spacial score (nSPS) is 13.3. The van der Waals surface area contributed by atoms with Gasteiger partial charge in [0.2, 0.25) is 6.04 Å². The minimum Gasteiger partial charge on any atom is -0.693 e. The molecule has 98 heavy (non-hydrogen) atoms. The molecule has 529 valence electrons. The van der Waals surface area contributed by atoms with Crippen molar-refractivity contribution in [1.29, 1.82) is 0 Å². The number of carboxylic acid groups (broad SMARTS) is 4. The van der Waals surface area contributed by atoms with Crippen LogP contribution in [0.4, 0.5) is 0 Å². The van der Waals surface area contributed by atoms with Gasteiger partial charge >= 0.3 is 73.1 Å². The molecular weight excluding hydrogens is 1660 g/mol. The van der Waals surface area contributed by atoms with Crippen LogP contribution >= 0.6 is 22.0 Å². The molecule has 1 aromatic carbocycles. The van der Waals surface area contributed by atoms with Crippen LogP contribution in [-0.2, 0) is 82.2 Å². The van der Waals surface area contributed by atoms with E-state index in [9.17, 15) is 34.5 Å². The van der Waals surface area contributed by atoms with Crippen molar-refractivity contribution in [3.63, 3.8) is 0 Å². The Morgan fingerprint density at radius 3 is 1.07 bits per heavy atom. The van der Waals surface area contributed by atoms with Crippen molar-refractivity contribution < 1.29 is 94.8 Å². The van der Waals surface area contributed by atoms with Gasteiger partial charge in [-0.25, -0.2) is 9.59 Å². The number of aliphatic carboxylic acids is 4. The van der Waals surface area contributed by atoms with E-state index >= 15 is 0 Å². The van der Waals surface area contributed by atoms with E-state index in [-0.39, 0.29) is 51.7 Å². The number of fused-ring (bicyclic) bond motifs is 3. The third-order valence-corrected chi connectivity index (χ3v) is 14.2. The summed E-state index contributed by atoms with van der Waals surface area (Å²) in [5.41, 5.74) is 15.2. The maximum atomic E-state index is 10.4. The van der Waals surface area contributed by atoms with Crippen LogP contribution in [0, 0.1) is 18.8 Å². The first-order valence-corrected chi connectivity index (χ1v) is 32.9. The maximum Gasteiger partial charge on any atom is 2.00 e. The molecule has 4 atom stereocenters. The first-order chi connectivity index (χ1) is 45.4. The number of carbonyl (C=O) groups is 4. The summed E-state index contributed by atoms with van der Waals surface area (Å²) < 4.78 is 0. The van der Waals surface area contributed by atoms with Crippen molar-refractivity contribution in [2.24, 2.45) is 17.6 Å². The number of nitrogens with one attached hydrogen (secondary N) is 1. The number of pyridine rings is 9. The molecule has 14 N–H and O–H groups in total. The van der Waals surface area contributed by atoms with E-state index in [0.717, 1.165) is 46.0 Å². The van der Waals surface area contributed by atoms with Gasteiger partial charge in [-0.2, -0.15) is 24.6 Å². The molecule has 0 aliphatic heterocycles. The summed E-state index contributed by atoms with van der Waals surface area (Å²) in [7, 11) is 4.61. The van der Waals surface area contributed by atoms with E-state index in [4.69, 9.17) is 26.2 Å². The van der Waals surface area contributed by atoms with Crippen molar-refractivity contribution in [2.75, 3.05) is 5.75 Å². The molecule has 0 bridgehead atoms. The van der Waals surface area contributed by atoms with E-state index in [1.807, 2.05) is 97.1 Å². The second kappa shape index (κ2) is 48.4. The summed E-state index contributed by atoms with van der Waals surface area (Å²) in [6.07, 6.45) is 20.6. The molecule has 0 radical (unpaired) electrons. The SMILES string of the molecule is CC(O)(CC(=O)O)c1ccccn1.CC(O)(c1ccccn1)c1ccccn1.CC(O)(c1ccccn1)c1ccccn1.C[C@H](CS)C(=O)O.NC(C(=O)O)C(=O)O.[CH2-][C@@H]1CCCC[C@H]1[NH-].[Cl][Pt].[NH2-].[NH2-].[Pt+2].c1ccc(Cc2ccccn2)nc1.c1cnc2c(c1)ccc1cccnc12. The molecule has 0 spiro atoms. The minimum atomic E-state index is -1.80. The largest absolute Gasteiger partial charge is 2.00 e. The number of thiol groups is 1. The monoisotopic (exact) mass is 1740 g/mol. The van der Waals surface area contributed by atoms with Crippen LogP contribution in [0.2, 0.25) is 0 Å². The van der Waals surface area contributed by atoms with Crippen LogP contribution in [0.5, 0.6) is 0 Å². The number of carboxylic acids is 4. The van der Waals surface area contributed by atoms with Crippen LogP contribution in [0.3, 0.4) is 0 Å². The van der Waals surface area contributed by atoms with Gasteiger partial charge in [0.15, 0.2) is 0 Å². The van der Waals surface area contributed by atoms with Crippen molar-refractivity contribution in [2.45, 2.75) is 95.1 Å². The zero-order valence-electron chi connectivity index (χ0n) is 54.2. The first kappa shape index (κ1) is 89.7. The summed E-state index contributed by atoms with van der Waals surface area (Å²) in [6.45, 7) is 10.3. The van der Waals surface area contributed by atoms with E-state index in [0.29, 0.717) is 40.1 Å². The topological polar surface area (TPSA) is 443 Å². The van der Waals surface area contributed by atoms with Crippen molar-refractivity contribution in [3.05, 3.63) is 284 Å². The molecule has 1 fully saturated rings. The number of halogens is 1. The molecule has 1 aliphatic rings. The maximum absolute atomic E-state index is 10.4. The summed E-state index contributed by atoms with van der Waals surface area (Å²) in [5.74, 6) is -4.37. The number of rotatable bonds is 13. The molecule has 9 aromatic heterocycles. The predicted octanol–water partition coefficient (Wildman–Crippen LogP) is 12.7. The van der Waals surface area contributed by atoms with Gasteiger partial charge in [0.05, 0.1) is 51.8 Å². The van der Waals surface area contributed by atoms with E-state index in [2.05, 4.69) is 104 Å². The minimum absolute atomic E-state index is 0. The zero-order valence-corrected chi connectivity index (χ0v) is 60.4. The number of nitrogens with two attached hydrogens (primary N) is 3. The Labute approximate surface area is 606 Å². The van der Waals surface area contributed by atoms with Gasteiger partial charge < -0.3 is 66.4 Å².